The molecule has 1 saturated carbocycles. The Bertz CT molecular complexity index is 616. The average Bonchev–Trinajstić information content (AvgIpc) is 2.51. The summed E-state index contributed by atoms with van der Waals surface area (Å²) < 4.78 is 17.6. The third-order valence-corrected chi connectivity index (χ3v) is 3.58. The number of esters is 1. The smallest absolute Gasteiger partial charge is 0.375 e. The summed E-state index contributed by atoms with van der Waals surface area (Å²) in [7, 11) is 0. The maximum absolute atomic E-state index is 12.9. The molecule has 0 aromatic heterocycles. The minimum Gasteiger partial charge on any atom is -0.460 e. The lowest BCUT2D eigenvalue weighted by molar-refractivity contribution is -0.156. The molecule has 1 aliphatic rings. The third-order valence-electron chi connectivity index (χ3n) is 3.58. The lowest BCUT2D eigenvalue weighted by Crippen LogP contribution is -2.34. The van der Waals surface area contributed by atoms with E-state index in [1.807, 2.05) is 0 Å². The SMILES string of the molecule is CCOC(=O)C(=O)C1CCCC(=Cc2ccc(F)cc2)C1=O. The Labute approximate surface area is 128 Å². The first-order chi connectivity index (χ1) is 10.5. The highest BCUT2D eigenvalue weighted by Gasteiger charge is 2.36. The van der Waals surface area contributed by atoms with Gasteiger partial charge in [-0.2, -0.15) is 0 Å². The molecule has 0 bridgehead atoms. The maximum Gasteiger partial charge on any atom is 0.375 e. The fraction of sp³-hybridized carbons (Fsp3) is 0.353. The minimum absolute atomic E-state index is 0.101. The molecule has 4 nitrogen and oxygen atoms in total. The number of ketones is 2. The number of Topliss-reactive ketones (excluding diaryl/α,β-unsaturated/α-hetero) is 2. The zero-order chi connectivity index (χ0) is 16.1. The van der Waals surface area contributed by atoms with Crippen LogP contribution in [0.4, 0.5) is 4.39 Å². The molecule has 0 aliphatic heterocycles. The van der Waals surface area contributed by atoms with Gasteiger partial charge in [-0.25, -0.2) is 9.18 Å². The number of allylic oxidation sites excluding steroid dienone is 1. The number of carbonyl (C=O) groups excluding carboxylic acids is 3. The molecule has 5 heteroatoms. The van der Waals surface area contributed by atoms with Crippen molar-refractivity contribution in [3.63, 3.8) is 0 Å². The summed E-state index contributed by atoms with van der Waals surface area (Å²) in [6, 6.07) is 5.74. The Kier molecular flexibility index (Phi) is 5.20. The molecule has 0 radical (unpaired) electrons. The standard InChI is InChI=1S/C17H17FO4/c1-2-22-17(21)16(20)14-5-3-4-12(15(14)19)10-11-6-8-13(18)9-7-11/h6-10,14H,2-5H2,1H3. The summed E-state index contributed by atoms with van der Waals surface area (Å²) in [5.74, 6) is -3.39. The van der Waals surface area contributed by atoms with Crippen LogP contribution in [0, 0.1) is 11.7 Å². The molecule has 1 aromatic rings. The van der Waals surface area contributed by atoms with Gasteiger partial charge in [-0.15, -0.1) is 0 Å². The van der Waals surface area contributed by atoms with Crippen molar-refractivity contribution in [1.82, 2.24) is 0 Å². The van der Waals surface area contributed by atoms with Crippen LogP contribution in [-0.4, -0.2) is 24.1 Å². The molecular formula is C17H17FO4. The minimum atomic E-state index is -0.959. The molecule has 1 unspecified atom stereocenters. The van der Waals surface area contributed by atoms with Crippen molar-refractivity contribution < 1.29 is 23.5 Å². The average molecular weight is 304 g/mol. The lowest BCUT2D eigenvalue weighted by Gasteiger charge is -2.21. The number of ether oxygens (including phenoxy) is 1. The first kappa shape index (κ1) is 16.1. The predicted octanol–water partition coefficient (Wildman–Crippen LogP) is 2.71. The molecule has 0 saturated heterocycles. The van der Waals surface area contributed by atoms with Crippen molar-refractivity contribution in [2.45, 2.75) is 26.2 Å². The van der Waals surface area contributed by atoms with Gasteiger partial charge in [0.25, 0.3) is 5.78 Å². The Morgan fingerprint density at radius 3 is 2.64 bits per heavy atom. The van der Waals surface area contributed by atoms with Crippen LogP contribution >= 0.6 is 0 Å². The molecule has 0 spiro atoms. The molecule has 22 heavy (non-hydrogen) atoms. The number of hydrogen-bond acceptors (Lipinski definition) is 4. The van der Waals surface area contributed by atoms with Crippen LogP contribution in [0.5, 0.6) is 0 Å². The van der Waals surface area contributed by atoms with Crippen molar-refractivity contribution in [2.75, 3.05) is 6.61 Å². The number of carbonyl (C=O) groups is 3. The van der Waals surface area contributed by atoms with E-state index in [0.717, 1.165) is 0 Å². The second-order valence-corrected chi connectivity index (χ2v) is 5.11. The van der Waals surface area contributed by atoms with E-state index in [4.69, 9.17) is 0 Å². The van der Waals surface area contributed by atoms with Crippen molar-refractivity contribution in [2.24, 2.45) is 5.92 Å². The Morgan fingerprint density at radius 2 is 2.00 bits per heavy atom. The molecule has 2 rings (SSSR count). The van der Waals surface area contributed by atoms with Crippen LogP contribution < -0.4 is 0 Å². The molecule has 0 N–H and O–H groups in total. The van der Waals surface area contributed by atoms with E-state index >= 15 is 0 Å². The molecule has 0 heterocycles. The van der Waals surface area contributed by atoms with Gasteiger partial charge in [0.1, 0.15) is 5.82 Å². The van der Waals surface area contributed by atoms with Crippen molar-refractivity contribution >= 4 is 23.6 Å². The fourth-order valence-electron chi connectivity index (χ4n) is 2.47. The number of hydrogen-bond donors (Lipinski definition) is 0. The third kappa shape index (κ3) is 3.67. The van der Waals surface area contributed by atoms with E-state index in [1.165, 1.54) is 12.1 Å². The van der Waals surface area contributed by atoms with Crippen molar-refractivity contribution in [3.05, 3.63) is 41.2 Å². The molecule has 1 aliphatic carbocycles. The van der Waals surface area contributed by atoms with Crippen molar-refractivity contribution in [1.29, 1.82) is 0 Å². The number of benzene rings is 1. The van der Waals surface area contributed by atoms with Crippen LogP contribution in [0.25, 0.3) is 6.08 Å². The van der Waals surface area contributed by atoms with Crippen LogP contribution in [0.3, 0.4) is 0 Å². The fourth-order valence-corrected chi connectivity index (χ4v) is 2.47. The van der Waals surface area contributed by atoms with Crippen LogP contribution in [0.1, 0.15) is 31.7 Å². The highest BCUT2D eigenvalue weighted by molar-refractivity contribution is 6.39. The number of halogens is 1. The Balaban J connectivity index is 2.17. The quantitative estimate of drug-likeness (QED) is 0.371. The summed E-state index contributed by atoms with van der Waals surface area (Å²) in [6.07, 6.45) is 3.20. The second kappa shape index (κ2) is 7.11. The van der Waals surface area contributed by atoms with E-state index in [0.29, 0.717) is 30.4 Å². The van der Waals surface area contributed by atoms with Gasteiger partial charge in [-0.3, -0.25) is 9.59 Å². The largest absolute Gasteiger partial charge is 0.460 e. The van der Waals surface area contributed by atoms with Crippen LogP contribution in [0.2, 0.25) is 0 Å². The van der Waals surface area contributed by atoms with Gasteiger partial charge < -0.3 is 4.74 Å². The van der Waals surface area contributed by atoms with Crippen LogP contribution in [-0.2, 0) is 19.1 Å². The topological polar surface area (TPSA) is 60.4 Å². The van der Waals surface area contributed by atoms with Gasteiger partial charge in [-0.05, 0) is 55.5 Å². The second-order valence-electron chi connectivity index (χ2n) is 5.11. The molecular weight excluding hydrogens is 287 g/mol. The zero-order valence-electron chi connectivity index (χ0n) is 12.3. The highest BCUT2D eigenvalue weighted by atomic mass is 19.1. The number of rotatable bonds is 4. The molecule has 1 fully saturated rings. The Hall–Kier alpha value is -2.30. The van der Waals surface area contributed by atoms with E-state index in [9.17, 15) is 18.8 Å². The first-order valence-electron chi connectivity index (χ1n) is 7.24. The van der Waals surface area contributed by atoms with Crippen LogP contribution in [0.15, 0.2) is 29.8 Å². The molecule has 1 atom stereocenters. The predicted molar refractivity (Wildman–Crippen MR) is 78.4 cm³/mol. The van der Waals surface area contributed by atoms with E-state index in [2.05, 4.69) is 4.74 Å². The van der Waals surface area contributed by atoms with Gasteiger partial charge in [0.05, 0.1) is 12.5 Å². The summed E-state index contributed by atoms with van der Waals surface area (Å²) in [5, 5.41) is 0. The van der Waals surface area contributed by atoms with E-state index in [1.54, 1.807) is 25.1 Å². The first-order valence-corrected chi connectivity index (χ1v) is 7.24. The van der Waals surface area contributed by atoms with Gasteiger partial charge >= 0.3 is 5.97 Å². The summed E-state index contributed by atoms with van der Waals surface area (Å²) >= 11 is 0. The highest BCUT2D eigenvalue weighted by Crippen LogP contribution is 2.28. The van der Waals surface area contributed by atoms with Gasteiger partial charge in [-0.1, -0.05) is 12.1 Å². The van der Waals surface area contributed by atoms with E-state index in [-0.39, 0.29) is 18.2 Å². The molecule has 116 valence electrons. The van der Waals surface area contributed by atoms with Gasteiger partial charge in [0, 0.05) is 0 Å². The Morgan fingerprint density at radius 1 is 1.32 bits per heavy atom. The van der Waals surface area contributed by atoms with E-state index < -0.39 is 17.7 Å². The normalized spacial score (nSPS) is 20.0. The summed E-state index contributed by atoms with van der Waals surface area (Å²) in [5.41, 5.74) is 1.18. The van der Waals surface area contributed by atoms with Gasteiger partial charge in [0.15, 0.2) is 5.78 Å². The molecule has 0 amide bonds. The summed E-state index contributed by atoms with van der Waals surface area (Å²) in [4.78, 5) is 35.9. The maximum atomic E-state index is 12.9. The monoisotopic (exact) mass is 304 g/mol. The summed E-state index contributed by atoms with van der Waals surface area (Å²) in [6.45, 7) is 1.71. The lowest BCUT2D eigenvalue weighted by atomic mass is 9.81. The van der Waals surface area contributed by atoms with Crippen molar-refractivity contribution in [3.8, 4) is 0 Å². The zero-order valence-corrected chi connectivity index (χ0v) is 12.3. The molecule has 1 aromatic carbocycles. The van der Waals surface area contributed by atoms with Gasteiger partial charge in [0.2, 0.25) is 0 Å².